The molecular formula is C10H13N7O2S. The Morgan fingerprint density at radius 1 is 1.45 bits per heavy atom. The number of thiazole rings is 1. The molecule has 0 radical (unpaired) electrons. The van der Waals surface area contributed by atoms with Gasteiger partial charge in [-0.25, -0.2) is 15.8 Å². The van der Waals surface area contributed by atoms with Crippen molar-refractivity contribution >= 4 is 28.8 Å². The summed E-state index contributed by atoms with van der Waals surface area (Å²) in [4.78, 5) is 23.4. The maximum absolute atomic E-state index is 10.9. The summed E-state index contributed by atoms with van der Waals surface area (Å²) >= 11 is 1.55. The Labute approximate surface area is 118 Å². The number of nitrogens with zero attached hydrogens (tertiary/aromatic N) is 4. The van der Waals surface area contributed by atoms with Gasteiger partial charge >= 0.3 is 5.69 Å². The molecule has 0 aliphatic carbocycles. The van der Waals surface area contributed by atoms with Crippen LogP contribution in [0.25, 0.3) is 0 Å². The number of nitro groups is 1. The number of anilines is 2. The van der Waals surface area contributed by atoms with Gasteiger partial charge in [0.1, 0.15) is 11.2 Å². The van der Waals surface area contributed by atoms with E-state index in [1.807, 2.05) is 6.92 Å². The van der Waals surface area contributed by atoms with Gasteiger partial charge in [-0.2, -0.15) is 4.98 Å². The first-order valence-electron chi connectivity index (χ1n) is 5.79. The topological polar surface area (TPSA) is 132 Å². The second-order valence-corrected chi connectivity index (χ2v) is 4.96. The van der Waals surface area contributed by atoms with Crippen molar-refractivity contribution in [2.24, 2.45) is 5.84 Å². The highest BCUT2D eigenvalue weighted by atomic mass is 32.1. The van der Waals surface area contributed by atoms with Crippen LogP contribution in [0.4, 0.5) is 17.5 Å². The average molecular weight is 295 g/mol. The summed E-state index contributed by atoms with van der Waals surface area (Å²) in [5, 5.41) is 14.6. The van der Waals surface area contributed by atoms with Gasteiger partial charge in [-0.15, -0.1) is 11.3 Å². The molecule has 2 rings (SSSR count). The molecule has 4 N–H and O–H groups in total. The molecule has 2 heterocycles. The molecule has 0 spiro atoms. The predicted octanol–water partition coefficient (Wildman–Crippen LogP) is 1.30. The third kappa shape index (κ3) is 3.16. The molecular weight excluding hydrogens is 282 g/mol. The fourth-order valence-corrected chi connectivity index (χ4v) is 2.26. The number of aromatic nitrogens is 3. The Hall–Kier alpha value is -2.33. The first kappa shape index (κ1) is 14.1. The standard InChI is InChI=1S/C10H13N7O2S/c1-2-6-3-12-8(20-6)5-13-9-7(17(18)19)4-14-10(15-9)16-11/h3-4H,2,5,11H2,1H3,(H2,13,14,15,16). The Balaban J connectivity index is 2.16. The lowest BCUT2D eigenvalue weighted by Gasteiger charge is -2.05. The van der Waals surface area contributed by atoms with Crippen LogP contribution < -0.4 is 16.6 Å². The van der Waals surface area contributed by atoms with E-state index >= 15 is 0 Å². The number of hydrogen-bond donors (Lipinski definition) is 3. The molecule has 0 aliphatic heterocycles. The molecule has 10 heteroatoms. The summed E-state index contributed by atoms with van der Waals surface area (Å²) in [7, 11) is 0. The average Bonchev–Trinajstić information content (AvgIpc) is 2.92. The van der Waals surface area contributed by atoms with Crippen molar-refractivity contribution in [3.05, 3.63) is 32.4 Å². The van der Waals surface area contributed by atoms with Crippen LogP contribution in [0.5, 0.6) is 0 Å². The highest BCUT2D eigenvalue weighted by molar-refractivity contribution is 7.11. The molecule has 0 aromatic carbocycles. The number of nitrogens with two attached hydrogens (primary N) is 1. The van der Waals surface area contributed by atoms with E-state index in [2.05, 4.69) is 25.7 Å². The van der Waals surface area contributed by atoms with Gasteiger partial charge in [0.05, 0.1) is 11.5 Å². The zero-order chi connectivity index (χ0) is 14.5. The maximum Gasteiger partial charge on any atom is 0.329 e. The van der Waals surface area contributed by atoms with Crippen LogP contribution in [0.2, 0.25) is 0 Å². The van der Waals surface area contributed by atoms with Crippen molar-refractivity contribution in [1.82, 2.24) is 15.0 Å². The minimum Gasteiger partial charge on any atom is -0.358 e. The smallest absolute Gasteiger partial charge is 0.329 e. The molecule has 0 atom stereocenters. The van der Waals surface area contributed by atoms with E-state index in [1.165, 1.54) is 0 Å². The van der Waals surface area contributed by atoms with Crippen LogP contribution in [0.1, 0.15) is 16.8 Å². The van der Waals surface area contributed by atoms with E-state index in [4.69, 9.17) is 5.84 Å². The monoisotopic (exact) mass is 295 g/mol. The number of rotatable bonds is 6. The van der Waals surface area contributed by atoms with E-state index in [0.29, 0.717) is 6.54 Å². The van der Waals surface area contributed by atoms with Crippen molar-refractivity contribution in [1.29, 1.82) is 0 Å². The minimum atomic E-state index is -0.554. The van der Waals surface area contributed by atoms with Crippen molar-refractivity contribution in [3.63, 3.8) is 0 Å². The summed E-state index contributed by atoms with van der Waals surface area (Å²) in [6.45, 7) is 2.39. The van der Waals surface area contributed by atoms with Gasteiger partial charge in [-0.1, -0.05) is 6.92 Å². The third-order valence-electron chi connectivity index (χ3n) is 2.45. The molecule has 0 saturated carbocycles. The summed E-state index contributed by atoms with van der Waals surface area (Å²) in [5.74, 6) is 5.40. The minimum absolute atomic E-state index is 0.103. The third-order valence-corrected chi connectivity index (χ3v) is 3.59. The maximum atomic E-state index is 10.9. The van der Waals surface area contributed by atoms with Gasteiger partial charge in [0.15, 0.2) is 0 Å². The highest BCUT2D eigenvalue weighted by Crippen LogP contribution is 2.23. The predicted molar refractivity (Wildman–Crippen MR) is 75.3 cm³/mol. The second-order valence-electron chi connectivity index (χ2n) is 3.76. The molecule has 2 aromatic heterocycles. The summed E-state index contributed by atoms with van der Waals surface area (Å²) < 4.78 is 0. The number of hydrazine groups is 1. The van der Waals surface area contributed by atoms with Crippen LogP contribution >= 0.6 is 11.3 Å². The fraction of sp³-hybridized carbons (Fsp3) is 0.300. The molecule has 9 nitrogen and oxygen atoms in total. The Bertz CT molecular complexity index is 615. The van der Waals surface area contributed by atoms with E-state index < -0.39 is 4.92 Å². The molecule has 0 amide bonds. The summed E-state index contributed by atoms with van der Waals surface area (Å²) in [6.07, 6.45) is 3.80. The normalized spacial score (nSPS) is 10.3. The largest absolute Gasteiger partial charge is 0.358 e. The zero-order valence-corrected chi connectivity index (χ0v) is 11.5. The summed E-state index contributed by atoms with van der Waals surface area (Å²) in [6, 6.07) is 0. The van der Waals surface area contributed by atoms with E-state index in [-0.39, 0.29) is 17.5 Å². The molecule has 106 valence electrons. The number of hydrogen-bond acceptors (Lipinski definition) is 9. The molecule has 0 fully saturated rings. The number of aryl methyl sites for hydroxylation is 1. The van der Waals surface area contributed by atoms with Crippen molar-refractivity contribution in [2.45, 2.75) is 19.9 Å². The molecule has 20 heavy (non-hydrogen) atoms. The van der Waals surface area contributed by atoms with E-state index in [9.17, 15) is 10.1 Å². The Morgan fingerprint density at radius 3 is 2.85 bits per heavy atom. The van der Waals surface area contributed by atoms with Crippen LogP contribution in [0.15, 0.2) is 12.4 Å². The van der Waals surface area contributed by atoms with Crippen LogP contribution in [-0.2, 0) is 13.0 Å². The summed E-state index contributed by atoms with van der Waals surface area (Å²) in [5.41, 5.74) is 2.04. The van der Waals surface area contributed by atoms with Crippen LogP contribution in [-0.4, -0.2) is 19.9 Å². The quantitative estimate of drug-likeness (QED) is 0.412. The fourth-order valence-electron chi connectivity index (χ4n) is 1.46. The molecule has 0 unspecified atom stereocenters. The SMILES string of the molecule is CCc1cnc(CNc2nc(NN)ncc2[N+](=O)[O-])s1. The Kier molecular flexibility index (Phi) is 4.38. The zero-order valence-electron chi connectivity index (χ0n) is 10.7. The van der Waals surface area contributed by atoms with E-state index in [1.54, 1.807) is 17.5 Å². The van der Waals surface area contributed by atoms with Gasteiger partial charge < -0.3 is 5.32 Å². The van der Waals surface area contributed by atoms with Gasteiger partial charge in [-0.05, 0) is 6.42 Å². The van der Waals surface area contributed by atoms with Crippen LogP contribution in [0.3, 0.4) is 0 Å². The van der Waals surface area contributed by atoms with Crippen LogP contribution in [0, 0.1) is 10.1 Å². The number of nitrogens with one attached hydrogen (secondary N) is 2. The van der Waals surface area contributed by atoms with Gasteiger partial charge in [0.25, 0.3) is 0 Å². The van der Waals surface area contributed by atoms with E-state index in [0.717, 1.165) is 22.5 Å². The van der Waals surface area contributed by atoms with Gasteiger partial charge in [0.2, 0.25) is 11.8 Å². The molecule has 0 bridgehead atoms. The lowest BCUT2D eigenvalue weighted by molar-refractivity contribution is -0.384. The molecule has 0 aliphatic rings. The highest BCUT2D eigenvalue weighted by Gasteiger charge is 2.17. The first-order chi connectivity index (χ1) is 9.63. The lowest BCUT2D eigenvalue weighted by atomic mass is 10.4. The van der Waals surface area contributed by atoms with Gasteiger partial charge in [-0.3, -0.25) is 15.5 Å². The van der Waals surface area contributed by atoms with Gasteiger partial charge in [0, 0.05) is 11.1 Å². The number of nitrogen functional groups attached to an aromatic ring is 1. The first-order valence-corrected chi connectivity index (χ1v) is 6.61. The lowest BCUT2D eigenvalue weighted by Crippen LogP contribution is -2.13. The molecule has 2 aromatic rings. The van der Waals surface area contributed by atoms with Crippen molar-refractivity contribution in [3.8, 4) is 0 Å². The second kappa shape index (κ2) is 6.21. The molecule has 0 saturated heterocycles. The van der Waals surface area contributed by atoms with Crippen molar-refractivity contribution in [2.75, 3.05) is 10.7 Å². The Morgan fingerprint density at radius 2 is 2.25 bits per heavy atom. The van der Waals surface area contributed by atoms with Crippen molar-refractivity contribution < 1.29 is 4.92 Å².